The van der Waals surface area contributed by atoms with Crippen LogP contribution in [0.5, 0.6) is 0 Å². The molecule has 1 amide bonds. The molecule has 0 saturated heterocycles. The van der Waals surface area contributed by atoms with E-state index in [0.717, 1.165) is 0 Å². The van der Waals surface area contributed by atoms with Crippen LogP contribution in [0, 0.1) is 12.8 Å². The lowest BCUT2D eigenvalue weighted by Crippen LogP contribution is -2.52. The predicted molar refractivity (Wildman–Crippen MR) is 66.2 cm³/mol. The summed E-state index contributed by atoms with van der Waals surface area (Å²) in [5, 5.41) is 3.18. The number of nitrogens with two attached hydrogens (primary N) is 1. The molecule has 1 aromatic heterocycles. The van der Waals surface area contributed by atoms with E-state index in [4.69, 9.17) is 5.73 Å². The molecule has 0 aliphatic carbocycles. The molecule has 17 heavy (non-hydrogen) atoms. The Morgan fingerprint density at radius 1 is 1.47 bits per heavy atom. The van der Waals surface area contributed by atoms with Crippen molar-refractivity contribution in [2.75, 3.05) is 6.54 Å². The van der Waals surface area contributed by atoms with Crippen molar-refractivity contribution in [3.8, 4) is 0 Å². The summed E-state index contributed by atoms with van der Waals surface area (Å²) in [6.07, 6.45) is 3.17. The van der Waals surface area contributed by atoms with Crippen LogP contribution in [0.4, 0.5) is 0 Å². The topological polar surface area (TPSA) is 80.9 Å². The second kappa shape index (κ2) is 5.23. The largest absolute Gasteiger partial charge is 0.368 e. The fraction of sp³-hybridized carbons (Fsp3) is 0.583. The summed E-state index contributed by atoms with van der Waals surface area (Å²) < 4.78 is 0. The minimum absolute atomic E-state index is 0.422. The zero-order valence-electron chi connectivity index (χ0n) is 10.8. The van der Waals surface area contributed by atoms with E-state index in [2.05, 4.69) is 29.1 Å². The van der Waals surface area contributed by atoms with Crippen molar-refractivity contribution in [3.05, 3.63) is 23.8 Å². The third-order valence-corrected chi connectivity index (χ3v) is 2.71. The van der Waals surface area contributed by atoms with Gasteiger partial charge in [0.25, 0.3) is 0 Å². The summed E-state index contributed by atoms with van der Waals surface area (Å²) in [6, 6.07) is 0. The molecule has 0 fully saturated rings. The van der Waals surface area contributed by atoms with Crippen molar-refractivity contribution < 1.29 is 4.79 Å². The van der Waals surface area contributed by atoms with E-state index in [-0.39, 0.29) is 0 Å². The van der Waals surface area contributed by atoms with E-state index in [1.807, 2.05) is 6.92 Å². The molecule has 1 unspecified atom stereocenters. The van der Waals surface area contributed by atoms with Crippen LogP contribution in [0.15, 0.2) is 12.4 Å². The quantitative estimate of drug-likeness (QED) is 0.789. The van der Waals surface area contributed by atoms with Gasteiger partial charge in [0.1, 0.15) is 5.54 Å². The summed E-state index contributed by atoms with van der Waals surface area (Å²) in [5.41, 5.74) is 5.82. The number of hydrogen-bond donors (Lipinski definition) is 2. The van der Waals surface area contributed by atoms with E-state index in [1.54, 1.807) is 19.3 Å². The smallest absolute Gasteiger partial charge is 0.243 e. The second-order valence-electron chi connectivity index (χ2n) is 4.75. The molecule has 0 spiro atoms. The molecule has 1 rings (SSSR count). The van der Waals surface area contributed by atoms with E-state index >= 15 is 0 Å². The number of carbonyl (C=O) groups excluding carboxylic acids is 1. The van der Waals surface area contributed by atoms with Crippen LogP contribution < -0.4 is 11.1 Å². The van der Waals surface area contributed by atoms with Gasteiger partial charge in [-0.2, -0.15) is 0 Å². The van der Waals surface area contributed by atoms with Crippen molar-refractivity contribution in [2.24, 2.45) is 11.7 Å². The monoisotopic (exact) mass is 236 g/mol. The summed E-state index contributed by atoms with van der Waals surface area (Å²) >= 11 is 0. The highest BCUT2D eigenvalue weighted by molar-refractivity contribution is 5.85. The van der Waals surface area contributed by atoms with Crippen molar-refractivity contribution in [1.29, 1.82) is 0 Å². The van der Waals surface area contributed by atoms with E-state index in [1.165, 1.54) is 0 Å². The van der Waals surface area contributed by atoms with Crippen molar-refractivity contribution in [2.45, 2.75) is 33.2 Å². The second-order valence-corrected chi connectivity index (χ2v) is 4.75. The molecular formula is C12H20N4O. The fourth-order valence-electron chi connectivity index (χ4n) is 1.59. The Bertz CT molecular complexity index is 405. The molecule has 0 radical (unpaired) electrons. The first-order valence-electron chi connectivity index (χ1n) is 5.71. The van der Waals surface area contributed by atoms with Crippen molar-refractivity contribution in [1.82, 2.24) is 15.3 Å². The maximum absolute atomic E-state index is 11.7. The average Bonchev–Trinajstić information content (AvgIpc) is 2.26. The number of rotatable bonds is 5. The van der Waals surface area contributed by atoms with Gasteiger partial charge in [0.05, 0.1) is 11.4 Å². The number of primary amides is 1. The van der Waals surface area contributed by atoms with Gasteiger partial charge < -0.3 is 5.73 Å². The maximum atomic E-state index is 11.7. The highest BCUT2D eigenvalue weighted by Crippen LogP contribution is 2.20. The van der Waals surface area contributed by atoms with Gasteiger partial charge in [-0.15, -0.1) is 0 Å². The molecule has 1 aromatic rings. The molecule has 94 valence electrons. The van der Waals surface area contributed by atoms with E-state index < -0.39 is 11.4 Å². The molecule has 0 aliphatic rings. The molecule has 5 heteroatoms. The Kier molecular flexibility index (Phi) is 4.17. The Morgan fingerprint density at radius 3 is 2.53 bits per heavy atom. The zero-order valence-corrected chi connectivity index (χ0v) is 10.8. The lowest BCUT2D eigenvalue weighted by Gasteiger charge is -2.28. The molecule has 0 aromatic carbocycles. The SMILES string of the molecule is Cc1nccnc1C(C)(NCC(C)C)C(N)=O. The van der Waals surface area contributed by atoms with Gasteiger partial charge in [0.15, 0.2) is 0 Å². The third kappa shape index (κ3) is 3.00. The van der Waals surface area contributed by atoms with Gasteiger partial charge >= 0.3 is 0 Å². The van der Waals surface area contributed by atoms with Gasteiger partial charge in [-0.25, -0.2) is 0 Å². The summed E-state index contributed by atoms with van der Waals surface area (Å²) in [6.45, 7) is 8.39. The number of aromatic nitrogens is 2. The van der Waals surface area contributed by atoms with Crippen LogP contribution in [0.3, 0.4) is 0 Å². The van der Waals surface area contributed by atoms with E-state index in [9.17, 15) is 4.79 Å². The summed E-state index contributed by atoms with van der Waals surface area (Å²) in [4.78, 5) is 20.0. The molecule has 1 atom stereocenters. The van der Waals surface area contributed by atoms with Crippen LogP contribution in [0.1, 0.15) is 32.2 Å². The lowest BCUT2D eigenvalue weighted by atomic mass is 9.94. The first kappa shape index (κ1) is 13.6. The standard InChI is InChI=1S/C12H20N4O/c1-8(2)7-16-12(4,11(13)17)10-9(3)14-5-6-15-10/h5-6,8,16H,7H2,1-4H3,(H2,13,17). The molecule has 5 nitrogen and oxygen atoms in total. The molecular weight excluding hydrogens is 216 g/mol. The fourth-order valence-corrected chi connectivity index (χ4v) is 1.59. The Morgan fingerprint density at radius 2 is 2.06 bits per heavy atom. The van der Waals surface area contributed by atoms with Crippen molar-refractivity contribution in [3.63, 3.8) is 0 Å². The minimum Gasteiger partial charge on any atom is -0.368 e. The summed E-state index contributed by atoms with van der Waals surface area (Å²) in [5.74, 6) is -0.0209. The van der Waals surface area contributed by atoms with Gasteiger partial charge in [-0.05, 0) is 26.3 Å². The number of amides is 1. The maximum Gasteiger partial charge on any atom is 0.243 e. The van der Waals surface area contributed by atoms with E-state index in [0.29, 0.717) is 23.9 Å². The van der Waals surface area contributed by atoms with Crippen molar-refractivity contribution >= 4 is 5.91 Å². The van der Waals surface area contributed by atoms with Crippen LogP contribution in [-0.4, -0.2) is 22.4 Å². The van der Waals surface area contributed by atoms with Gasteiger partial charge in [-0.3, -0.25) is 20.1 Å². The lowest BCUT2D eigenvalue weighted by molar-refractivity contribution is -0.124. The number of nitrogens with zero attached hydrogens (tertiary/aromatic N) is 2. The van der Waals surface area contributed by atoms with Crippen LogP contribution in [0.25, 0.3) is 0 Å². The molecule has 0 saturated carbocycles. The molecule has 0 aliphatic heterocycles. The van der Waals surface area contributed by atoms with Crippen LogP contribution in [-0.2, 0) is 10.3 Å². The number of hydrogen-bond acceptors (Lipinski definition) is 4. The summed E-state index contributed by atoms with van der Waals surface area (Å²) in [7, 11) is 0. The predicted octanol–water partition coefficient (Wildman–Crippen LogP) is 0.731. The first-order valence-corrected chi connectivity index (χ1v) is 5.71. The van der Waals surface area contributed by atoms with Crippen LogP contribution in [0.2, 0.25) is 0 Å². The Balaban J connectivity index is 3.08. The van der Waals surface area contributed by atoms with Gasteiger partial charge in [-0.1, -0.05) is 13.8 Å². The first-order chi connectivity index (χ1) is 7.88. The third-order valence-electron chi connectivity index (χ3n) is 2.71. The highest BCUT2D eigenvalue weighted by atomic mass is 16.1. The molecule has 0 bridgehead atoms. The zero-order chi connectivity index (χ0) is 13.1. The average molecular weight is 236 g/mol. The normalized spacial score (nSPS) is 14.6. The van der Waals surface area contributed by atoms with Gasteiger partial charge in [0, 0.05) is 12.4 Å². The minimum atomic E-state index is -0.970. The molecule has 1 heterocycles. The number of aryl methyl sites for hydroxylation is 1. The van der Waals surface area contributed by atoms with Crippen LogP contribution >= 0.6 is 0 Å². The Hall–Kier alpha value is -1.49. The number of carbonyl (C=O) groups is 1. The van der Waals surface area contributed by atoms with Gasteiger partial charge in [0.2, 0.25) is 5.91 Å². The number of nitrogens with one attached hydrogen (secondary N) is 1. The Labute approximate surface area is 102 Å². The molecule has 3 N–H and O–H groups in total. The highest BCUT2D eigenvalue weighted by Gasteiger charge is 2.36.